The molecule has 1 aromatic rings. The first-order chi connectivity index (χ1) is 12.4. The number of nitrogens with zero attached hydrogens (tertiary/aromatic N) is 3. The van der Waals surface area contributed by atoms with Crippen LogP contribution in [0.1, 0.15) is 10.4 Å². The molecule has 0 aliphatic carbocycles. The predicted molar refractivity (Wildman–Crippen MR) is 104 cm³/mol. The van der Waals surface area contributed by atoms with Crippen LogP contribution in [0.4, 0.5) is 0 Å². The molecule has 0 unspecified atom stereocenters. The number of carbonyl (C=O) groups excluding carboxylic acids is 1. The van der Waals surface area contributed by atoms with Crippen molar-refractivity contribution in [1.29, 1.82) is 5.41 Å². The van der Waals surface area contributed by atoms with Crippen molar-refractivity contribution in [3.63, 3.8) is 0 Å². The van der Waals surface area contributed by atoms with Crippen LogP contribution in [0.2, 0.25) is 0 Å². The quantitative estimate of drug-likeness (QED) is 0.481. The second-order valence-electron chi connectivity index (χ2n) is 5.52. The lowest BCUT2D eigenvalue weighted by Gasteiger charge is -2.35. The SMILES string of the molecule is COc1ccc(C(=O)N2CCN(C(=N)N=C(N)N)CC2)c(OC)c1OC.Cl. The Morgan fingerprint density at radius 2 is 1.56 bits per heavy atom. The summed E-state index contributed by atoms with van der Waals surface area (Å²) in [6, 6.07) is 3.32. The number of methoxy groups -OCH3 is 3. The first kappa shape index (κ1) is 22.2. The molecule has 0 radical (unpaired) electrons. The predicted octanol–water partition coefficient (Wildman–Crippen LogP) is 0.100. The lowest BCUT2D eigenvalue weighted by Crippen LogP contribution is -2.50. The van der Waals surface area contributed by atoms with Crippen LogP contribution in [0.3, 0.4) is 0 Å². The van der Waals surface area contributed by atoms with Gasteiger partial charge in [-0.25, -0.2) is 0 Å². The van der Waals surface area contributed by atoms with E-state index in [2.05, 4.69) is 4.99 Å². The Kier molecular flexibility index (Phi) is 7.98. The molecule has 0 spiro atoms. The van der Waals surface area contributed by atoms with Crippen LogP contribution in [0.5, 0.6) is 17.2 Å². The minimum Gasteiger partial charge on any atom is -0.493 e. The smallest absolute Gasteiger partial charge is 0.257 e. The van der Waals surface area contributed by atoms with Crippen LogP contribution in [0, 0.1) is 5.41 Å². The number of aliphatic imine (C=N–C) groups is 1. The van der Waals surface area contributed by atoms with E-state index >= 15 is 0 Å². The van der Waals surface area contributed by atoms with Crippen molar-refractivity contribution in [3.05, 3.63) is 17.7 Å². The van der Waals surface area contributed by atoms with Crippen molar-refractivity contribution < 1.29 is 19.0 Å². The Hall–Kier alpha value is -2.88. The van der Waals surface area contributed by atoms with Crippen LogP contribution in [-0.4, -0.2) is 75.1 Å². The van der Waals surface area contributed by atoms with Crippen LogP contribution >= 0.6 is 12.4 Å². The number of hydrogen-bond acceptors (Lipinski definition) is 5. The highest BCUT2D eigenvalue weighted by Gasteiger charge is 2.27. The van der Waals surface area contributed by atoms with Gasteiger partial charge in [-0.15, -0.1) is 12.4 Å². The number of piperazine rings is 1. The molecule has 5 N–H and O–H groups in total. The summed E-state index contributed by atoms with van der Waals surface area (Å²) in [5.74, 6) is 0.818. The topological polar surface area (TPSA) is 139 Å². The summed E-state index contributed by atoms with van der Waals surface area (Å²) in [6.07, 6.45) is 0. The van der Waals surface area contributed by atoms with E-state index in [1.54, 1.807) is 21.9 Å². The second kappa shape index (κ2) is 9.72. The molecule has 0 bridgehead atoms. The third kappa shape index (κ3) is 4.85. The van der Waals surface area contributed by atoms with Gasteiger partial charge in [0.15, 0.2) is 17.5 Å². The highest BCUT2D eigenvalue weighted by Crippen LogP contribution is 2.40. The maximum Gasteiger partial charge on any atom is 0.257 e. The van der Waals surface area contributed by atoms with Crippen molar-refractivity contribution in [2.75, 3.05) is 47.5 Å². The molecule has 11 heteroatoms. The fourth-order valence-corrected chi connectivity index (χ4v) is 2.75. The molecule has 1 aliphatic rings. The van der Waals surface area contributed by atoms with Gasteiger partial charge in [0, 0.05) is 26.2 Å². The Labute approximate surface area is 164 Å². The zero-order chi connectivity index (χ0) is 19.3. The Bertz CT molecular complexity index is 715. The lowest BCUT2D eigenvalue weighted by atomic mass is 10.1. The van der Waals surface area contributed by atoms with E-state index in [4.69, 9.17) is 31.1 Å². The number of nitrogens with one attached hydrogen (secondary N) is 1. The third-order valence-corrected chi connectivity index (χ3v) is 4.04. The molecule has 27 heavy (non-hydrogen) atoms. The number of hydrogen-bond donors (Lipinski definition) is 3. The maximum absolute atomic E-state index is 12.9. The van der Waals surface area contributed by atoms with Gasteiger partial charge in [0.25, 0.3) is 5.91 Å². The molecule has 0 atom stereocenters. The molecule has 10 nitrogen and oxygen atoms in total. The first-order valence-corrected chi connectivity index (χ1v) is 7.94. The van der Waals surface area contributed by atoms with Crippen LogP contribution in [0.25, 0.3) is 0 Å². The molecule has 1 heterocycles. The number of guanidine groups is 2. The zero-order valence-electron chi connectivity index (χ0n) is 15.5. The monoisotopic (exact) mass is 400 g/mol. The fraction of sp³-hybridized carbons (Fsp3) is 0.438. The van der Waals surface area contributed by atoms with Crippen molar-refractivity contribution in [3.8, 4) is 17.2 Å². The van der Waals surface area contributed by atoms with Crippen molar-refractivity contribution >= 4 is 30.2 Å². The number of carbonyl (C=O) groups is 1. The Morgan fingerprint density at radius 3 is 2.04 bits per heavy atom. The molecular formula is C16H25ClN6O4. The normalized spacial score (nSPS) is 13.3. The van der Waals surface area contributed by atoms with Crippen molar-refractivity contribution in [2.24, 2.45) is 16.5 Å². The Balaban J connectivity index is 0.00000364. The summed E-state index contributed by atoms with van der Waals surface area (Å²) in [4.78, 5) is 20.0. The van der Waals surface area contributed by atoms with Gasteiger partial charge in [0.1, 0.15) is 0 Å². The molecule has 0 aromatic heterocycles. The summed E-state index contributed by atoms with van der Waals surface area (Å²) >= 11 is 0. The number of ether oxygens (including phenoxy) is 3. The molecule has 1 saturated heterocycles. The van der Waals surface area contributed by atoms with E-state index < -0.39 is 0 Å². The summed E-state index contributed by atoms with van der Waals surface area (Å²) < 4.78 is 15.9. The molecular weight excluding hydrogens is 376 g/mol. The van der Waals surface area contributed by atoms with E-state index in [0.29, 0.717) is 49.0 Å². The van der Waals surface area contributed by atoms with Gasteiger partial charge in [-0.3, -0.25) is 10.2 Å². The lowest BCUT2D eigenvalue weighted by molar-refractivity contribution is 0.0686. The molecule has 1 aliphatic heterocycles. The largest absolute Gasteiger partial charge is 0.493 e. The average molecular weight is 401 g/mol. The third-order valence-electron chi connectivity index (χ3n) is 4.04. The number of halogens is 1. The summed E-state index contributed by atoms with van der Waals surface area (Å²) in [5.41, 5.74) is 11.0. The van der Waals surface area contributed by atoms with Crippen molar-refractivity contribution in [1.82, 2.24) is 9.80 Å². The van der Waals surface area contributed by atoms with E-state index in [1.165, 1.54) is 21.3 Å². The van der Waals surface area contributed by atoms with Gasteiger partial charge in [0.2, 0.25) is 11.7 Å². The molecule has 1 aromatic carbocycles. The summed E-state index contributed by atoms with van der Waals surface area (Å²) in [6.45, 7) is 1.77. The first-order valence-electron chi connectivity index (χ1n) is 7.94. The molecule has 1 fully saturated rings. The minimum absolute atomic E-state index is 0. The molecule has 1 amide bonds. The second-order valence-corrected chi connectivity index (χ2v) is 5.52. The van der Waals surface area contributed by atoms with E-state index in [9.17, 15) is 4.79 Å². The fourth-order valence-electron chi connectivity index (χ4n) is 2.75. The van der Waals surface area contributed by atoms with Gasteiger partial charge in [-0.1, -0.05) is 0 Å². The van der Waals surface area contributed by atoms with E-state index in [1.807, 2.05) is 0 Å². The maximum atomic E-state index is 12.9. The highest BCUT2D eigenvalue weighted by molar-refractivity contribution is 5.98. The minimum atomic E-state index is -0.184. The van der Waals surface area contributed by atoms with Gasteiger partial charge in [-0.05, 0) is 12.1 Å². The van der Waals surface area contributed by atoms with Gasteiger partial charge < -0.3 is 35.5 Å². The van der Waals surface area contributed by atoms with Gasteiger partial charge in [-0.2, -0.15) is 4.99 Å². The molecule has 0 saturated carbocycles. The summed E-state index contributed by atoms with van der Waals surface area (Å²) in [7, 11) is 4.48. The van der Waals surface area contributed by atoms with E-state index in [0.717, 1.165) is 0 Å². The standard InChI is InChI=1S/C16H24N6O4.ClH/c1-24-11-5-4-10(12(25-2)13(11)26-3)14(23)21-6-8-22(9-7-21)16(19)20-15(17)18;/h4-5H,6-9H2,1-3H3,(H5,17,18,19,20);1H. The zero-order valence-corrected chi connectivity index (χ0v) is 16.3. The van der Waals surface area contributed by atoms with Crippen molar-refractivity contribution in [2.45, 2.75) is 0 Å². The molecule has 2 rings (SSSR count). The summed E-state index contributed by atoms with van der Waals surface area (Å²) in [5, 5.41) is 7.84. The van der Waals surface area contributed by atoms with Gasteiger partial charge >= 0.3 is 0 Å². The average Bonchev–Trinajstić information content (AvgIpc) is 2.65. The highest BCUT2D eigenvalue weighted by atomic mass is 35.5. The van der Waals surface area contributed by atoms with Crippen LogP contribution < -0.4 is 25.7 Å². The number of nitrogens with two attached hydrogens (primary N) is 2. The van der Waals surface area contributed by atoms with Gasteiger partial charge in [0.05, 0.1) is 26.9 Å². The molecule has 150 valence electrons. The number of benzene rings is 1. The van der Waals surface area contributed by atoms with Crippen LogP contribution in [-0.2, 0) is 0 Å². The number of rotatable bonds is 4. The van der Waals surface area contributed by atoms with E-state index in [-0.39, 0.29) is 30.2 Å². The number of amides is 1. The Morgan fingerprint density at radius 1 is 1.00 bits per heavy atom. The van der Waals surface area contributed by atoms with Crippen LogP contribution in [0.15, 0.2) is 17.1 Å².